The maximum absolute atomic E-state index is 13.6. The second-order valence-corrected chi connectivity index (χ2v) is 10.7. The Hall–Kier alpha value is -3.02. The molecule has 3 aromatic rings. The van der Waals surface area contributed by atoms with Crippen molar-refractivity contribution in [1.82, 2.24) is 30.8 Å². The van der Waals surface area contributed by atoms with Gasteiger partial charge in [0.2, 0.25) is 5.91 Å². The Labute approximate surface area is 224 Å². The van der Waals surface area contributed by atoms with E-state index in [1.807, 2.05) is 7.05 Å². The minimum atomic E-state index is -0.442. The van der Waals surface area contributed by atoms with E-state index in [2.05, 4.69) is 30.8 Å². The Morgan fingerprint density at radius 2 is 1.92 bits per heavy atom. The monoisotopic (exact) mass is 548 g/mol. The first-order valence-corrected chi connectivity index (χ1v) is 12.9. The zero-order valence-electron chi connectivity index (χ0n) is 20.6. The van der Waals surface area contributed by atoms with Gasteiger partial charge in [-0.1, -0.05) is 0 Å². The van der Waals surface area contributed by atoms with Gasteiger partial charge in [-0.3, -0.25) is 14.4 Å². The number of hydrogen-bond acceptors (Lipinski definition) is 6. The standard InChI is InChI=1S/C25H29FN6O3S.ClH/c1-27-22(33)13-3-5-17(29-23(34)20-11-14-9-15(26)4-6-16(14)28-20)19(10-13)30-24(35)25-31-18-7-8-32(2)12-21(18)36-25;/h4,6,9,11,13,17,19,28H,3,5,7-8,10,12H2,1-2H3,(H,27,33)(H,29,34)(H,30,35);1H. The van der Waals surface area contributed by atoms with Crippen molar-refractivity contribution in [3.63, 3.8) is 0 Å². The summed E-state index contributed by atoms with van der Waals surface area (Å²) in [7, 11) is 3.64. The molecular weight excluding hydrogens is 519 g/mol. The third kappa shape index (κ3) is 5.78. The van der Waals surface area contributed by atoms with Crippen molar-refractivity contribution in [2.45, 2.75) is 44.3 Å². The molecule has 2 aromatic heterocycles. The molecule has 2 aliphatic rings. The van der Waals surface area contributed by atoms with Gasteiger partial charge in [0.1, 0.15) is 11.5 Å². The topological polar surface area (TPSA) is 119 Å². The number of nitrogens with one attached hydrogen (secondary N) is 4. The third-order valence-electron chi connectivity index (χ3n) is 7.04. The molecule has 1 aromatic carbocycles. The van der Waals surface area contributed by atoms with Crippen LogP contribution in [-0.2, 0) is 17.8 Å². The van der Waals surface area contributed by atoms with E-state index in [0.29, 0.717) is 40.9 Å². The lowest BCUT2D eigenvalue weighted by atomic mass is 9.81. The quantitative estimate of drug-likeness (QED) is 0.391. The van der Waals surface area contributed by atoms with Gasteiger partial charge in [0, 0.05) is 54.3 Å². The summed E-state index contributed by atoms with van der Waals surface area (Å²) >= 11 is 1.40. The molecule has 0 spiro atoms. The van der Waals surface area contributed by atoms with Gasteiger partial charge in [-0.15, -0.1) is 23.7 Å². The molecular formula is C25H30ClFN6O3S. The largest absolute Gasteiger partial charge is 0.359 e. The summed E-state index contributed by atoms with van der Waals surface area (Å²) in [6.07, 6.45) is 2.34. The first kappa shape index (κ1) is 27.0. The molecule has 1 saturated carbocycles. The van der Waals surface area contributed by atoms with Crippen LogP contribution in [-0.4, -0.2) is 65.3 Å². The number of aromatic amines is 1. The fourth-order valence-corrected chi connectivity index (χ4v) is 6.16. The summed E-state index contributed by atoms with van der Waals surface area (Å²) in [6.45, 7) is 1.68. The Bertz CT molecular complexity index is 1330. The highest BCUT2D eigenvalue weighted by Crippen LogP contribution is 2.28. The van der Waals surface area contributed by atoms with E-state index in [9.17, 15) is 18.8 Å². The zero-order valence-corrected chi connectivity index (χ0v) is 22.2. The second kappa shape index (κ2) is 11.2. The first-order valence-electron chi connectivity index (χ1n) is 12.1. The number of H-pyrrole nitrogens is 1. The van der Waals surface area contributed by atoms with Gasteiger partial charge in [-0.2, -0.15) is 0 Å². The molecule has 37 heavy (non-hydrogen) atoms. The maximum Gasteiger partial charge on any atom is 0.280 e. The normalized spacial score (nSPS) is 21.5. The molecule has 1 aliphatic heterocycles. The van der Waals surface area contributed by atoms with Crippen molar-refractivity contribution >= 4 is 52.4 Å². The van der Waals surface area contributed by atoms with Gasteiger partial charge in [0.15, 0.2) is 5.01 Å². The Morgan fingerprint density at radius 1 is 1.14 bits per heavy atom. The van der Waals surface area contributed by atoms with E-state index in [1.165, 1.54) is 23.5 Å². The molecule has 3 heterocycles. The lowest BCUT2D eigenvalue weighted by Gasteiger charge is -2.36. The highest BCUT2D eigenvalue weighted by Gasteiger charge is 2.36. The van der Waals surface area contributed by atoms with Gasteiger partial charge >= 0.3 is 0 Å². The van der Waals surface area contributed by atoms with Crippen LogP contribution in [0.15, 0.2) is 24.3 Å². The van der Waals surface area contributed by atoms with Crippen molar-refractivity contribution in [3.8, 4) is 0 Å². The second-order valence-electron chi connectivity index (χ2n) is 9.58. The van der Waals surface area contributed by atoms with Gasteiger partial charge in [-0.25, -0.2) is 9.37 Å². The number of rotatable bonds is 5. The highest BCUT2D eigenvalue weighted by molar-refractivity contribution is 7.13. The average Bonchev–Trinajstić information content (AvgIpc) is 3.48. The van der Waals surface area contributed by atoms with Crippen LogP contribution in [0.5, 0.6) is 0 Å². The number of benzene rings is 1. The molecule has 0 radical (unpaired) electrons. The molecule has 12 heteroatoms. The molecule has 4 N–H and O–H groups in total. The molecule has 3 atom stereocenters. The fraction of sp³-hybridized carbons (Fsp3) is 0.440. The number of carbonyl (C=O) groups is 3. The van der Waals surface area contributed by atoms with Crippen molar-refractivity contribution in [2.24, 2.45) is 5.92 Å². The van der Waals surface area contributed by atoms with Crippen LogP contribution in [0, 0.1) is 11.7 Å². The summed E-state index contributed by atoms with van der Waals surface area (Å²) < 4.78 is 13.6. The van der Waals surface area contributed by atoms with E-state index in [1.54, 1.807) is 19.2 Å². The smallest absolute Gasteiger partial charge is 0.280 e. The van der Waals surface area contributed by atoms with E-state index in [-0.39, 0.29) is 47.9 Å². The minimum Gasteiger partial charge on any atom is -0.359 e. The van der Waals surface area contributed by atoms with Gasteiger partial charge < -0.3 is 25.8 Å². The van der Waals surface area contributed by atoms with E-state index in [4.69, 9.17) is 0 Å². The summed E-state index contributed by atoms with van der Waals surface area (Å²) in [5, 5.41) is 9.76. The number of likely N-dealkylation sites (N-methyl/N-ethyl adjacent to an activating group) is 1. The number of aromatic nitrogens is 2. The number of carbonyl (C=O) groups excluding carboxylic acids is 3. The Kier molecular flexibility index (Phi) is 8.15. The lowest BCUT2D eigenvalue weighted by Crippen LogP contribution is -2.55. The van der Waals surface area contributed by atoms with E-state index >= 15 is 0 Å². The molecule has 1 aliphatic carbocycles. The van der Waals surface area contributed by atoms with Gasteiger partial charge in [-0.05, 0) is 50.6 Å². The Morgan fingerprint density at radius 3 is 2.70 bits per heavy atom. The van der Waals surface area contributed by atoms with Crippen LogP contribution < -0.4 is 16.0 Å². The number of amides is 3. The van der Waals surface area contributed by atoms with E-state index < -0.39 is 6.04 Å². The molecule has 1 fully saturated rings. The van der Waals surface area contributed by atoms with E-state index in [0.717, 1.165) is 30.1 Å². The molecule has 0 saturated heterocycles. The summed E-state index contributed by atoms with van der Waals surface area (Å²) in [5.41, 5.74) is 1.94. The van der Waals surface area contributed by atoms with Crippen molar-refractivity contribution < 1.29 is 18.8 Å². The van der Waals surface area contributed by atoms with Gasteiger partial charge in [0.25, 0.3) is 11.8 Å². The SMILES string of the molecule is CNC(=O)C1CCC(NC(=O)c2cc3cc(F)ccc3[nH]2)C(NC(=O)c2nc3c(s2)CN(C)CC3)C1.Cl. The molecule has 9 nitrogen and oxygen atoms in total. The molecule has 0 bridgehead atoms. The minimum absolute atomic E-state index is 0. The fourth-order valence-electron chi connectivity index (χ4n) is 5.07. The van der Waals surface area contributed by atoms with Crippen LogP contribution >= 0.6 is 23.7 Å². The number of hydrogen-bond donors (Lipinski definition) is 4. The predicted molar refractivity (Wildman–Crippen MR) is 142 cm³/mol. The highest BCUT2D eigenvalue weighted by atomic mass is 35.5. The zero-order chi connectivity index (χ0) is 25.4. The third-order valence-corrected chi connectivity index (χ3v) is 8.13. The average molecular weight is 549 g/mol. The number of thiazole rings is 1. The van der Waals surface area contributed by atoms with Gasteiger partial charge in [0.05, 0.1) is 11.7 Å². The predicted octanol–water partition coefficient (Wildman–Crippen LogP) is 2.62. The van der Waals surface area contributed by atoms with Crippen molar-refractivity contribution in [2.75, 3.05) is 20.6 Å². The molecule has 3 unspecified atom stereocenters. The number of fused-ring (bicyclic) bond motifs is 2. The lowest BCUT2D eigenvalue weighted by molar-refractivity contribution is -0.125. The number of halogens is 2. The summed E-state index contributed by atoms with van der Waals surface area (Å²) in [6, 6.07) is 5.08. The Balaban J connectivity index is 0.00000320. The van der Waals surface area contributed by atoms with Crippen molar-refractivity contribution in [1.29, 1.82) is 0 Å². The van der Waals surface area contributed by atoms with Crippen LogP contribution in [0.25, 0.3) is 10.9 Å². The van der Waals surface area contributed by atoms with Crippen LogP contribution in [0.2, 0.25) is 0 Å². The molecule has 3 amide bonds. The van der Waals surface area contributed by atoms with Crippen LogP contribution in [0.3, 0.4) is 0 Å². The molecule has 5 rings (SSSR count). The van der Waals surface area contributed by atoms with Crippen molar-refractivity contribution in [3.05, 3.63) is 51.4 Å². The number of nitrogens with zero attached hydrogens (tertiary/aromatic N) is 2. The van der Waals surface area contributed by atoms with Crippen LogP contribution in [0.4, 0.5) is 4.39 Å². The van der Waals surface area contributed by atoms with Crippen LogP contribution in [0.1, 0.15) is 50.1 Å². The first-order chi connectivity index (χ1) is 17.3. The summed E-state index contributed by atoms with van der Waals surface area (Å²) in [5.74, 6) is -1.35. The maximum atomic E-state index is 13.6. The summed E-state index contributed by atoms with van der Waals surface area (Å²) in [4.78, 5) is 49.5. The molecule has 198 valence electrons.